The number of benzene rings is 1. The molecule has 0 aromatic heterocycles. The van der Waals surface area contributed by atoms with Crippen LogP contribution in [0.25, 0.3) is 0 Å². The normalized spacial score (nSPS) is 35.0. The van der Waals surface area contributed by atoms with E-state index in [4.69, 9.17) is 0 Å². The van der Waals surface area contributed by atoms with E-state index in [1.807, 2.05) is 6.07 Å². The van der Waals surface area contributed by atoms with E-state index in [0.717, 1.165) is 36.3 Å². The quantitative estimate of drug-likeness (QED) is 0.734. The van der Waals surface area contributed by atoms with E-state index in [2.05, 4.69) is 37.4 Å². The molecule has 1 aromatic rings. The average Bonchev–Trinajstić information content (AvgIpc) is 2.52. The molecule has 0 saturated heterocycles. The molecular weight excluding hydrogens is 294 g/mol. The highest BCUT2D eigenvalue weighted by Crippen LogP contribution is 2.61. The van der Waals surface area contributed by atoms with Crippen molar-refractivity contribution in [1.29, 1.82) is 0 Å². The monoisotopic (exact) mass is 325 g/mol. The maximum atomic E-state index is 12.8. The number of nitrogens with one attached hydrogen (secondary N) is 1. The van der Waals surface area contributed by atoms with Gasteiger partial charge in [-0.2, -0.15) is 0 Å². The molecule has 0 aliphatic heterocycles. The minimum atomic E-state index is 0.243. The first-order valence-corrected chi connectivity index (χ1v) is 9.95. The largest absolute Gasteiger partial charge is 0.326 e. The van der Waals surface area contributed by atoms with Gasteiger partial charge in [-0.05, 0) is 85.7 Å². The lowest BCUT2D eigenvalue weighted by Gasteiger charge is -2.56. The number of para-hydroxylation sites is 1. The van der Waals surface area contributed by atoms with E-state index in [9.17, 15) is 4.79 Å². The van der Waals surface area contributed by atoms with Crippen LogP contribution in [-0.2, 0) is 4.79 Å². The van der Waals surface area contributed by atoms with Crippen molar-refractivity contribution >= 4 is 11.6 Å². The van der Waals surface area contributed by atoms with Gasteiger partial charge in [-0.25, -0.2) is 0 Å². The van der Waals surface area contributed by atoms with Crippen molar-refractivity contribution < 1.29 is 4.79 Å². The lowest BCUT2D eigenvalue weighted by Crippen LogP contribution is -2.47. The Morgan fingerprint density at radius 2 is 1.71 bits per heavy atom. The molecule has 2 nitrogen and oxygen atoms in total. The molecule has 1 amide bonds. The summed E-state index contributed by atoms with van der Waals surface area (Å²) >= 11 is 0. The standard InChI is InChI=1S/C22H31NO/c1-3-15(2)19-6-4-5-7-20(19)23-21(24)14-22-11-16-8-17(12-22)10-18(9-16)13-22/h4-7,15-18H,3,8-14H2,1-2H3,(H,23,24)/t15-,16?,17?,18?,22?/m0/s1. The lowest BCUT2D eigenvalue weighted by molar-refractivity contribution is -0.124. The van der Waals surface area contributed by atoms with Crippen molar-refractivity contribution in [2.75, 3.05) is 5.32 Å². The molecule has 4 aliphatic rings. The Labute approximate surface area is 146 Å². The number of carbonyl (C=O) groups is 1. The first kappa shape index (κ1) is 16.2. The van der Waals surface area contributed by atoms with Crippen molar-refractivity contribution in [3.63, 3.8) is 0 Å². The molecule has 24 heavy (non-hydrogen) atoms. The third-order valence-corrected chi connectivity index (χ3v) is 7.08. The van der Waals surface area contributed by atoms with E-state index < -0.39 is 0 Å². The summed E-state index contributed by atoms with van der Waals surface area (Å²) in [6, 6.07) is 8.34. The minimum absolute atomic E-state index is 0.243. The second-order valence-corrected chi connectivity index (χ2v) is 9.04. The summed E-state index contributed by atoms with van der Waals surface area (Å²) in [7, 11) is 0. The van der Waals surface area contributed by atoms with E-state index in [0.29, 0.717) is 11.3 Å². The maximum Gasteiger partial charge on any atom is 0.224 e. The molecular formula is C22H31NO. The molecule has 2 heteroatoms. The van der Waals surface area contributed by atoms with Crippen LogP contribution in [0.4, 0.5) is 5.69 Å². The first-order valence-electron chi connectivity index (χ1n) is 9.95. The Hall–Kier alpha value is -1.31. The van der Waals surface area contributed by atoms with Gasteiger partial charge in [0.05, 0.1) is 0 Å². The van der Waals surface area contributed by atoms with Crippen LogP contribution in [0.1, 0.15) is 76.7 Å². The highest BCUT2D eigenvalue weighted by Gasteiger charge is 2.51. The maximum absolute atomic E-state index is 12.8. The van der Waals surface area contributed by atoms with Gasteiger partial charge >= 0.3 is 0 Å². The van der Waals surface area contributed by atoms with Gasteiger partial charge in [-0.1, -0.05) is 32.0 Å². The summed E-state index contributed by atoms with van der Waals surface area (Å²) in [6.07, 6.45) is 10.1. The Balaban J connectivity index is 1.46. The fraction of sp³-hybridized carbons (Fsp3) is 0.682. The molecule has 0 radical (unpaired) electrons. The molecule has 0 unspecified atom stereocenters. The van der Waals surface area contributed by atoms with Gasteiger partial charge in [0.2, 0.25) is 5.91 Å². The van der Waals surface area contributed by atoms with Crippen LogP contribution in [0.15, 0.2) is 24.3 Å². The molecule has 1 atom stereocenters. The third-order valence-electron chi connectivity index (χ3n) is 7.08. The predicted octanol–water partition coefficient (Wildman–Crippen LogP) is 5.75. The van der Waals surface area contributed by atoms with Crippen molar-refractivity contribution in [3.8, 4) is 0 Å². The van der Waals surface area contributed by atoms with Gasteiger partial charge in [0.15, 0.2) is 0 Å². The number of hydrogen-bond donors (Lipinski definition) is 1. The Morgan fingerprint density at radius 3 is 2.29 bits per heavy atom. The number of rotatable bonds is 5. The van der Waals surface area contributed by atoms with Gasteiger partial charge in [-0.3, -0.25) is 4.79 Å². The molecule has 4 aliphatic carbocycles. The van der Waals surface area contributed by atoms with Gasteiger partial charge in [0.25, 0.3) is 0 Å². The van der Waals surface area contributed by atoms with Gasteiger partial charge in [0, 0.05) is 12.1 Å². The van der Waals surface area contributed by atoms with Crippen LogP contribution in [0.5, 0.6) is 0 Å². The molecule has 1 aromatic carbocycles. The summed E-state index contributed by atoms with van der Waals surface area (Å²) in [4.78, 5) is 12.8. The molecule has 4 saturated carbocycles. The summed E-state index contributed by atoms with van der Waals surface area (Å²) < 4.78 is 0. The number of amides is 1. The van der Waals surface area contributed by atoms with Gasteiger partial charge in [-0.15, -0.1) is 0 Å². The zero-order chi connectivity index (χ0) is 16.7. The summed E-state index contributed by atoms with van der Waals surface area (Å²) in [6.45, 7) is 4.45. The average molecular weight is 325 g/mol. The number of carbonyl (C=O) groups excluding carboxylic acids is 1. The Bertz CT molecular complexity index is 585. The summed E-state index contributed by atoms with van der Waals surface area (Å²) in [5.74, 6) is 3.47. The fourth-order valence-corrected chi connectivity index (χ4v) is 6.30. The minimum Gasteiger partial charge on any atom is -0.326 e. The van der Waals surface area contributed by atoms with Crippen LogP contribution in [0, 0.1) is 23.2 Å². The van der Waals surface area contributed by atoms with E-state index >= 15 is 0 Å². The third kappa shape index (κ3) is 3.00. The zero-order valence-corrected chi connectivity index (χ0v) is 15.2. The lowest BCUT2D eigenvalue weighted by atomic mass is 9.49. The predicted molar refractivity (Wildman–Crippen MR) is 99.0 cm³/mol. The summed E-state index contributed by atoms with van der Waals surface area (Å²) in [5.41, 5.74) is 2.63. The first-order chi connectivity index (χ1) is 11.6. The zero-order valence-electron chi connectivity index (χ0n) is 15.2. The van der Waals surface area contributed by atoms with E-state index in [-0.39, 0.29) is 5.91 Å². The molecule has 0 heterocycles. The molecule has 4 fully saturated rings. The molecule has 5 rings (SSSR count). The van der Waals surface area contributed by atoms with Crippen molar-refractivity contribution in [2.24, 2.45) is 23.2 Å². The summed E-state index contributed by atoms with van der Waals surface area (Å²) in [5, 5.41) is 3.26. The number of hydrogen-bond acceptors (Lipinski definition) is 1. The topological polar surface area (TPSA) is 29.1 Å². The van der Waals surface area contributed by atoms with Crippen LogP contribution in [-0.4, -0.2) is 5.91 Å². The second-order valence-electron chi connectivity index (χ2n) is 9.04. The Kier molecular flexibility index (Phi) is 4.18. The van der Waals surface area contributed by atoms with Crippen molar-refractivity contribution in [2.45, 2.75) is 71.1 Å². The molecule has 0 spiro atoms. The second kappa shape index (κ2) is 6.20. The highest BCUT2D eigenvalue weighted by atomic mass is 16.1. The number of anilines is 1. The highest BCUT2D eigenvalue weighted by molar-refractivity contribution is 5.92. The van der Waals surface area contributed by atoms with E-state index in [1.54, 1.807) is 0 Å². The fourth-order valence-electron chi connectivity index (χ4n) is 6.30. The van der Waals surface area contributed by atoms with Crippen LogP contribution >= 0.6 is 0 Å². The Morgan fingerprint density at radius 1 is 1.12 bits per heavy atom. The molecule has 4 bridgehead atoms. The van der Waals surface area contributed by atoms with Crippen molar-refractivity contribution in [3.05, 3.63) is 29.8 Å². The van der Waals surface area contributed by atoms with Gasteiger partial charge < -0.3 is 5.32 Å². The smallest absolute Gasteiger partial charge is 0.224 e. The molecule has 130 valence electrons. The van der Waals surface area contributed by atoms with Crippen LogP contribution in [0.3, 0.4) is 0 Å². The van der Waals surface area contributed by atoms with Crippen LogP contribution < -0.4 is 5.32 Å². The van der Waals surface area contributed by atoms with Crippen LogP contribution in [0.2, 0.25) is 0 Å². The van der Waals surface area contributed by atoms with E-state index in [1.165, 1.54) is 44.1 Å². The van der Waals surface area contributed by atoms with Crippen molar-refractivity contribution in [1.82, 2.24) is 0 Å². The molecule has 1 N–H and O–H groups in total. The SMILES string of the molecule is CC[C@H](C)c1ccccc1NC(=O)CC12CC3CC(CC(C3)C1)C2. The van der Waals surface area contributed by atoms with Gasteiger partial charge in [0.1, 0.15) is 0 Å².